The Labute approximate surface area is 122 Å². The summed E-state index contributed by atoms with van der Waals surface area (Å²) in [5, 5.41) is 0. The molecule has 0 aliphatic rings. The molecule has 19 heavy (non-hydrogen) atoms. The normalized spacial score (nSPS) is 10.8. The van der Waals surface area contributed by atoms with Crippen molar-refractivity contribution in [2.24, 2.45) is 0 Å². The van der Waals surface area contributed by atoms with Crippen LogP contribution in [-0.4, -0.2) is 9.97 Å². The first-order valence-corrected chi connectivity index (χ1v) is 7.04. The van der Waals surface area contributed by atoms with E-state index in [1.54, 1.807) is 0 Å². The minimum absolute atomic E-state index is 0.357. The van der Waals surface area contributed by atoms with Crippen molar-refractivity contribution < 1.29 is 4.74 Å². The molecule has 1 aromatic heterocycles. The van der Waals surface area contributed by atoms with Crippen molar-refractivity contribution in [2.75, 3.05) is 0 Å². The number of ether oxygens (including phenoxy) is 1. The molecular formula is C15H17BrN2O. The Hall–Kier alpha value is -1.42. The molecule has 0 saturated heterocycles. The summed E-state index contributed by atoms with van der Waals surface area (Å²) in [5.41, 5.74) is 2.96. The van der Waals surface area contributed by atoms with Gasteiger partial charge in [-0.05, 0) is 49.6 Å². The number of halogens is 1. The zero-order chi connectivity index (χ0) is 14.0. The van der Waals surface area contributed by atoms with Gasteiger partial charge >= 0.3 is 6.01 Å². The number of rotatable bonds is 3. The molecule has 2 aromatic rings. The molecule has 0 saturated carbocycles. The molecule has 0 atom stereocenters. The zero-order valence-corrected chi connectivity index (χ0v) is 13.2. The van der Waals surface area contributed by atoms with Gasteiger partial charge in [0.1, 0.15) is 5.75 Å². The second-order valence-electron chi connectivity index (χ2n) is 4.88. The van der Waals surface area contributed by atoms with E-state index in [1.807, 2.05) is 38.1 Å². The molecule has 0 spiro atoms. The fourth-order valence-electron chi connectivity index (χ4n) is 1.73. The van der Waals surface area contributed by atoms with E-state index in [1.165, 1.54) is 0 Å². The molecule has 0 amide bonds. The van der Waals surface area contributed by atoms with Crippen molar-refractivity contribution >= 4 is 15.9 Å². The highest BCUT2D eigenvalue weighted by molar-refractivity contribution is 9.10. The Bertz CT molecular complexity index is 597. The largest absolute Gasteiger partial charge is 0.424 e. The average molecular weight is 321 g/mol. The van der Waals surface area contributed by atoms with Crippen molar-refractivity contribution in [3.8, 4) is 11.8 Å². The second-order valence-corrected chi connectivity index (χ2v) is 5.80. The van der Waals surface area contributed by atoms with E-state index in [-0.39, 0.29) is 0 Å². The van der Waals surface area contributed by atoms with Crippen LogP contribution in [-0.2, 0) is 0 Å². The van der Waals surface area contributed by atoms with Crippen LogP contribution >= 0.6 is 15.9 Å². The van der Waals surface area contributed by atoms with Gasteiger partial charge in [-0.1, -0.05) is 29.8 Å². The van der Waals surface area contributed by atoms with Crippen LogP contribution in [0.15, 0.2) is 28.7 Å². The quantitative estimate of drug-likeness (QED) is 0.816. The third kappa shape index (κ3) is 3.53. The molecule has 0 bridgehead atoms. The van der Waals surface area contributed by atoms with Crippen LogP contribution < -0.4 is 4.74 Å². The topological polar surface area (TPSA) is 35.0 Å². The predicted molar refractivity (Wildman–Crippen MR) is 79.8 cm³/mol. The number of hydrogen-bond acceptors (Lipinski definition) is 3. The number of hydrogen-bond donors (Lipinski definition) is 0. The fourth-order valence-corrected chi connectivity index (χ4v) is 2.21. The van der Waals surface area contributed by atoms with Crippen LogP contribution in [0, 0.1) is 13.8 Å². The van der Waals surface area contributed by atoms with Crippen LogP contribution in [0.3, 0.4) is 0 Å². The molecule has 0 aliphatic carbocycles. The summed E-state index contributed by atoms with van der Waals surface area (Å²) < 4.78 is 6.83. The number of benzene rings is 1. The van der Waals surface area contributed by atoms with Crippen molar-refractivity contribution in [3.05, 3.63) is 45.7 Å². The Kier molecular flexibility index (Phi) is 4.20. The summed E-state index contributed by atoms with van der Waals surface area (Å²) in [6.45, 7) is 8.17. The summed E-state index contributed by atoms with van der Waals surface area (Å²) in [6.07, 6.45) is 0. The molecule has 2 rings (SSSR count). The van der Waals surface area contributed by atoms with E-state index >= 15 is 0 Å². The third-order valence-corrected chi connectivity index (χ3v) is 3.28. The number of nitrogens with zero attached hydrogens (tertiary/aromatic N) is 2. The van der Waals surface area contributed by atoms with Crippen LogP contribution in [0.4, 0.5) is 0 Å². The molecule has 0 N–H and O–H groups in total. The van der Waals surface area contributed by atoms with Crippen LogP contribution in [0.2, 0.25) is 0 Å². The standard InChI is InChI=1S/C15H17BrN2O/c1-9(2)13-8-11(4)17-15(18-13)19-14-6-5-12(16)7-10(14)3/h5-9H,1-4H3. The van der Waals surface area contributed by atoms with E-state index in [4.69, 9.17) is 4.74 Å². The third-order valence-electron chi connectivity index (χ3n) is 2.78. The predicted octanol–water partition coefficient (Wildman–Crippen LogP) is 4.77. The summed E-state index contributed by atoms with van der Waals surface area (Å²) in [7, 11) is 0. The lowest BCUT2D eigenvalue weighted by Gasteiger charge is -2.10. The first-order valence-electron chi connectivity index (χ1n) is 6.25. The lowest BCUT2D eigenvalue weighted by molar-refractivity contribution is 0.433. The Balaban J connectivity index is 2.32. The van der Waals surface area contributed by atoms with Gasteiger partial charge in [0.05, 0.1) is 5.69 Å². The first kappa shape index (κ1) is 14.0. The van der Waals surface area contributed by atoms with Crippen molar-refractivity contribution in [1.29, 1.82) is 0 Å². The molecule has 1 heterocycles. The van der Waals surface area contributed by atoms with E-state index in [0.29, 0.717) is 11.9 Å². The minimum Gasteiger partial charge on any atom is -0.424 e. The first-order chi connectivity index (χ1) is 8.95. The summed E-state index contributed by atoms with van der Waals surface area (Å²) in [5.74, 6) is 1.14. The monoisotopic (exact) mass is 320 g/mol. The molecule has 0 fully saturated rings. The maximum atomic E-state index is 5.79. The molecule has 100 valence electrons. The van der Waals surface area contributed by atoms with Gasteiger partial charge in [-0.25, -0.2) is 4.98 Å². The summed E-state index contributed by atoms with van der Waals surface area (Å²) in [6, 6.07) is 8.27. The lowest BCUT2D eigenvalue weighted by atomic mass is 10.1. The van der Waals surface area contributed by atoms with Gasteiger partial charge in [0.25, 0.3) is 0 Å². The average Bonchev–Trinajstić information content (AvgIpc) is 2.32. The van der Waals surface area contributed by atoms with Gasteiger partial charge in [-0.3, -0.25) is 0 Å². The maximum absolute atomic E-state index is 5.79. The lowest BCUT2D eigenvalue weighted by Crippen LogP contribution is -2.00. The van der Waals surface area contributed by atoms with E-state index in [9.17, 15) is 0 Å². The molecule has 1 aromatic carbocycles. The minimum atomic E-state index is 0.357. The second kappa shape index (κ2) is 5.70. The highest BCUT2D eigenvalue weighted by Gasteiger charge is 2.09. The molecular weight excluding hydrogens is 304 g/mol. The zero-order valence-electron chi connectivity index (χ0n) is 11.6. The highest BCUT2D eigenvalue weighted by Crippen LogP contribution is 2.26. The van der Waals surface area contributed by atoms with Crippen molar-refractivity contribution in [2.45, 2.75) is 33.6 Å². The van der Waals surface area contributed by atoms with Gasteiger partial charge in [0, 0.05) is 10.2 Å². The van der Waals surface area contributed by atoms with E-state index < -0.39 is 0 Å². The van der Waals surface area contributed by atoms with E-state index in [2.05, 4.69) is 39.7 Å². The SMILES string of the molecule is Cc1cc(C(C)C)nc(Oc2ccc(Br)cc2C)n1. The smallest absolute Gasteiger partial charge is 0.322 e. The Morgan fingerprint density at radius 2 is 1.84 bits per heavy atom. The molecule has 0 aliphatic heterocycles. The van der Waals surface area contributed by atoms with Gasteiger partial charge in [0.15, 0.2) is 0 Å². The van der Waals surface area contributed by atoms with Gasteiger partial charge < -0.3 is 4.74 Å². The van der Waals surface area contributed by atoms with Crippen LogP contribution in [0.25, 0.3) is 0 Å². The van der Waals surface area contributed by atoms with Crippen LogP contribution in [0.1, 0.15) is 36.7 Å². The Morgan fingerprint density at radius 1 is 1.11 bits per heavy atom. The van der Waals surface area contributed by atoms with Crippen molar-refractivity contribution in [3.63, 3.8) is 0 Å². The van der Waals surface area contributed by atoms with E-state index in [0.717, 1.165) is 27.2 Å². The number of aryl methyl sites for hydroxylation is 2. The Morgan fingerprint density at radius 3 is 2.47 bits per heavy atom. The van der Waals surface area contributed by atoms with Crippen LogP contribution in [0.5, 0.6) is 11.8 Å². The molecule has 0 radical (unpaired) electrons. The maximum Gasteiger partial charge on any atom is 0.322 e. The fraction of sp³-hybridized carbons (Fsp3) is 0.333. The highest BCUT2D eigenvalue weighted by atomic mass is 79.9. The summed E-state index contributed by atoms with van der Waals surface area (Å²) >= 11 is 3.44. The number of aromatic nitrogens is 2. The molecule has 3 nitrogen and oxygen atoms in total. The van der Waals surface area contributed by atoms with Gasteiger partial charge in [0.2, 0.25) is 0 Å². The summed E-state index contributed by atoms with van der Waals surface area (Å²) in [4.78, 5) is 8.78. The van der Waals surface area contributed by atoms with Crippen molar-refractivity contribution in [1.82, 2.24) is 9.97 Å². The molecule has 4 heteroatoms. The van der Waals surface area contributed by atoms with Gasteiger partial charge in [-0.15, -0.1) is 0 Å². The van der Waals surface area contributed by atoms with Gasteiger partial charge in [-0.2, -0.15) is 4.98 Å². The molecule has 0 unspecified atom stereocenters.